The van der Waals surface area contributed by atoms with Crippen LogP contribution in [0.3, 0.4) is 0 Å². The number of nitrogens with zero attached hydrogens (tertiary/aromatic N) is 1. The highest BCUT2D eigenvalue weighted by Crippen LogP contribution is 2.49. The lowest BCUT2D eigenvalue weighted by molar-refractivity contribution is -0.107. The van der Waals surface area contributed by atoms with Crippen molar-refractivity contribution in [2.45, 2.75) is 59.1 Å². The lowest BCUT2D eigenvalue weighted by Crippen LogP contribution is -2.55. The first kappa shape index (κ1) is 13.0. The van der Waals surface area contributed by atoms with Crippen molar-refractivity contribution in [2.75, 3.05) is 14.1 Å². The fraction of sp³-hybridized carbons (Fsp3) is 1.00. The molecular formula is C13H27NO. The zero-order valence-electron chi connectivity index (χ0n) is 11.2. The first-order valence-corrected chi connectivity index (χ1v) is 6.04. The summed E-state index contributed by atoms with van der Waals surface area (Å²) in [6, 6.07) is 0.322. The van der Waals surface area contributed by atoms with Crippen molar-refractivity contribution in [1.82, 2.24) is 4.90 Å². The largest absolute Gasteiger partial charge is 0.391 e. The summed E-state index contributed by atoms with van der Waals surface area (Å²) in [5.41, 5.74) is 0.210. The molecule has 0 spiro atoms. The fourth-order valence-electron chi connectivity index (χ4n) is 2.77. The van der Waals surface area contributed by atoms with Crippen LogP contribution in [0.15, 0.2) is 0 Å². The lowest BCUT2D eigenvalue weighted by Gasteiger charge is -2.52. The van der Waals surface area contributed by atoms with Gasteiger partial charge >= 0.3 is 0 Å². The van der Waals surface area contributed by atoms with E-state index in [1.54, 1.807) is 0 Å². The molecule has 1 aliphatic rings. The maximum absolute atomic E-state index is 10.6. The molecule has 1 aliphatic carbocycles. The minimum absolute atomic E-state index is 0.0419. The van der Waals surface area contributed by atoms with E-state index in [1.165, 1.54) is 6.42 Å². The van der Waals surface area contributed by atoms with Crippen LogP contribution in [0.1, 0.15) is 47.0 Å². The minimum Gasteiger partial charge on any atom is -0.391 e. The van der Waals surface area contributed by atoms with Crippen molar-refractivity contribution >= 4 is 0 Å². The van der Waals surface area contributed by atoms with Gasteiger partial charge in [0, 0.05) is 6.04 Å². The minimum atomic E-state index is -0.207. The Labute approximate surface area is 94.7 Å². The second-order valence-corrected chi connectivity index (χ2v) is 6.54. The Hall–Kier alpha value is -0.0800. The van der Waals surface area contributed by atoms with Gasteiger partial charge in [0.1, 0.15) is 0 Å². The van der Waals surface area contributed by atoms with Crippen LogP contribution in [0.2, 0.25) is 0 Å². The van der Waals surface area contributed by atoms with E-state index in [0.717, 1.165) is 12.8 Å². The highest BCUT2D eigenvalue weighted by atomic mass is 16.3. The summed E-state index contributed by atoms with van der Waals surface area (Å²) in [5, 5.41) is 10.6. The quantitative estimate of drug-likeness (QED) is 0.723. The van der Waals surface area contributed by atoms with E-state index in [9.17, 15) is 5.11 Å². The molecule has 2 heteroatoms. The van der Waals surface area contributed by atoms with Crippen LogP contribution in [-0.4, -0.2) is 36.2 Å². The molecule has 0 radical (unpaired) electrons. The van der Waals surface area contributed by atoms with E-state index in [1.807, 2.05) is 0 Å². The maximum atomic E-state index is 10.6. The van der Waals surface area contributed by atoms with Crippen molar-refractivity contribution in [3.8, 4) is 0 Å². The van der Waals surface area contributed by atoms with Crippen molar-refractivity contribution in [2.24, 2.45) is 10.8 Å². The highest BCUT2D eigenvalue weighted by molar-refractivity contribution is 5.00. The molecule has 1 rings (SSSR count). The van der Waals surface area contributed by atoms with Crippen LogP contribution < -0.4 is 0 Å². The number of rotatable bonds is 1. The average molecular weight is 213 g/mol. The Kier molecular flexibility index (Phi) is 3.52. The Morgan fingerprint density at radius 1 is 1.27 bits per heavy atom. The molecule has 0 heterocycles. The van der Waals surface area contributed by atoms with Crippen LogP contribution in [0.4, 0.5) is 0 Å². The summed E-state index contributed by atoms with van der Waals surface area (Å²) in [7, 11) is 4.14. The molecule has 0 saturated heterocycles. The molecule has 0 aromatic carbocycles. The SMILES string of the molecule is CN(C)C1CCCC(C)(C(C)(C)C)C1O. The fourth-order valence-corrected chi connectivity index (χ4v) is 2.77. The van der Waals surface area contributed by atoms with Gasteiger partial charge in [0.15, 0.2) is 0 Å². The van der Waals surface area contributed by atoms with Crippen molar-refractivity contribution in [1.29, 1.82) is 0 Å². The second kappa shape index (κ2) is 4.06. The third-order valence-corrected chi connectivity index (χ3v) is 4.59. The van der Waals surface area contributed by atoms with Gasteiger partial charge in [-0.05, 0) is 37.8 Å². The van der Waals surface area contributed by atoms with Gasteiger partial charge in [-0.3, -0.25) is 0 Å². The zero-order valence-corrected chi connectivity index (χ0v) is 11.2. The molecule has 0 aromatic rings. The standard InChI is InChI=1S/C13H27NO/c1-12(2,3)13(4)9-7-8-10(11(13)15)14(5)6/h10-11,15H,7-9H2,1-6H3. The van der Waals surface area contributed by atoms with Gasteiger partial charge < -0.3 is 10.0 Å². The molecule has 1 saturated carbocycles. The van der Waals surface area contributed by atoms with Crippen LogP contribution in [-0.2, 0) is 0 Å². The van der Waals surface area contributed by atoms with E-state index < -0.39 is 0 Å². The van der Waals surface area contributed by atoms with E-state index in [4.69, 9.17) is 0 Å². The van der Waals surface area contributed by atoms with E-state index in [-0.39, 0.29) is 16.9 Å². The molecule has 1 fully saturated rings. The van der Waals surface area contributed by atoms with E-state index >= 15 is 0 Å². The maximum Gasteiger partial charge on any atom is 0.0753 e. The normalized spacial score (nSPS) is 38.4. The van der Waals surface area contributed by atoms with E-state index in [0.29, 0.717) is 6.04 Å². The second-order valence-electron chi connectivity index (χ2n) is 6.54. The molecular weight excluding hydrogens is 186 g/mol. The van der Waals surface area contributed by atoms with Gasteiger partial charge in [0.25, 0.3) is 0 Å². The molecule has 0 bridgehead atoms. The summed E-state index contributed by atoms with van der Waals surface area (Å²) < 4.78 is 0. The number of aliphatic hydroxyl groups is 1. The summed E-state index contributed by atoms with van der Waals surface area (Å²) in [5.74, 6) is 0. The molecule has 15 heavy (non-hydrogen) atoms. The topological polar surface area (TPSA) is 23.5 Å². The summed E-state index contributed by atoms with van der Waals surface area (Å²) in [6.07, 6.45) is 3.29. The third kappa shape index (κ3) is 2.21. The number of aliphatic hydroxyl groups excluding tert-OH is 1. The van der Waals surface area contributed by atoms with Gasteiger partial charge in [-0.15, -0.1) is 0 Å². The number of likely N-dealkylation sites (N-methyl/N-ethyl adjacent to an activating group) is 1. The predicted octanol–water partition coefficient (Wildman–Crippen LogP) is 2.51. The van der Waals surface area contributed by atoms with Crippen molar-refractivity contribution in [3.63, 3.8) is 0 Å². The Morgan fingerprint density at radius 2 is 1.80 bits per heavy atom. The number of hydrogen-bond acceptors (Lipinski definition) is 2. The van der Waals surface area contributed by atoms with E-state index in [2.05, 4.69) is 46.7 Å². The van der Waals surface area contributed by atoms with Crippen LogP contribution >= 0.6 is 0 Å². The monoisotopic (exact) mass is 213 g/mol. The van der Waals surface area contributed by atoms with Gasteiger partial charge in [-0.2, -0.15) is 0 Å². The first-order valence-electron chi connectivity index (χ1n) is 6.04. The van der Waals surface area contributed by atoms with Crippen LogP contribution in [0, 0.1) is 10.8 Å². The Bertz CT molecular complexity index is 219. The molecule has 2 nitrogen and oxygen atoms in total. The summed E-state index contributed by atoms with van der Waals surface area (Å²) >= 11 is 0. The molecule has 0 amide bonds. The predicted molar refractivity (Wildman–Crippen MR) is 64.9 cm³/mol. The van der Waals surface area contributed by atoms with Gasteiger partial charge in [-0.25, -0.2) is 0 Å². The smallest absolute Gasteiger partial charge is 0.0753 e. The lowest BCUT2D eigenvalue weighted by atomic mass is 9.58. The number of hydrogen-bond donors (Lipinski definition) is 1. The summed E-state index contributed by atoms with van der Waals surface area (Å²) in [4.78, 5) is 2.17. The van der Waals surface area contributed by atoms with Gasteiger partial charge in [0.2, 0.25) is 0 Å². The van der Waals surface area contributed by atoms with Crippen molar-refractivity contribution in [3.05, 3.63) is 0 Å². The molecule has 3 atom stereocenters. The molecule has 0 aliphatic heterocycles. The molecule has 0 aromatic heterocycles. The Morgan fingerprint density at radius 3 is 2.20 bits per heavy atom. The molecule has 3 unspecified atom stereocenters. The zero-order chi connectivity index (χ0) is 11.9. The highest BCUT2D eigenvalue weighted by Gasteiger charge is 2.48. The Balaban J connectivity index is 2.92. The molecule has 1 N–H and O–H groups in total. The van der Waals surface area contributed by atoms with Gasteiger partial charge in [-0.1, -0.05) is 34.1 Å². The first-order chi connectivity index (χ1) is 6.70. The summed E-state index contributed by atoms with van der Waals surface area (Å²) in [6.45, 7) is 8.98. The molecule has 90 valence electrons. The van der Waals surface area contributed by atoms with Crippen LogP contribution in [0.5, 0.6) is 0 Å². The average Bonchev–Trinajstić information content (AvgIpc) is 2.07. The third-order valence-electron chi connectivity index (χ3n) is 4.59. The van der Waals surface area contributed by atoms with Gasteiger partial charge in [0.05, 0.1) is 6.10 Å². The van der Waals surface area contributed by atoms with Crippen molar-refractivity contribution < 1.29 is 5.11 Å². The van der Waals surface area contributed by atoms with Crippen LogP contribution in [0.25, 0.3) is 0 Å².